The van der Waals surface area contributed by atoms with Crippen LogP contribution in [0.3, 0.4) is 0 Å². The summed E-state index contributed by atoms with van der Waals surface area (Å²) in [4.78, 5) is 12.6. The Morgan fingerprint density at radius 1 is 1.26 bits per heavy atom. The summed E-state index contributed by atoms with van der Waals surface area (Å²) in [6.07, 6.45) is 0. The molecule has 0 aliphatic carbocycles. The van der Waals surface area contributed by atoms with Gasteiger partial charge in [0.1, 0.15) is 29.8 Å². The summed E-state index contributed by atoms with van der Waals surface area (Å²) in [7, 11) is 0. The molecular formula is C23H20F2N2O4. The number of hydrogen-bond donors (Lipinski definition) is 1. The standard InChI is InChI=1S/C23H20F2N2O4/c1-3-29-23(28)20-13(2)31-22(27)17(11-26)21(20)15-6-4-5-14(9-15)12-30-19-10-16(24)7-8-18(19)25/h4-10,21H,3,12,27H2,1-2H3. The molecule has 2 N–H and O–H groups in total. The molecule has 31 heavy (non-hydrogen) atoms. The van der Waals surface area contributed by atoms with Gasteiger partial charge in [0.25, 0.3) is 0 Å². The van der Waals surface area contributed by atoms with E-state index in [2.05, 4.69) is 0 Å². The van der Waals surface area contributed by atoms with E-state index in [4.69, 9.17) is 19.9 Å². The van der Waals surface area contributed by atoms with Gasteiger partial charge in [-0.05, 0) is 37.1 Å². The molecule has 0 aromatic heterocycles. The highest BCUT2D eigenvalue weighted by molar-refractivity contribution is 5.92. The number of carbonyl (C=O) groups excluding carboxylic acids is 1. The van der Waals surface area contributed by atoms with Crippen LogP contribution in [0.25, 0.3) is 0 Å². The third kappa shape index (κ3) is 4.67. The van der Waals surface area contributed by atoms with Crippen molar-refractivity contribution in [2.24, 2.45) is 5.73 Å². The van der Waals surface area contributed by atoms with Crippen LogP contribution in [0.2, 0.25) is 0 Å². The largest absolute Gasteiger partial charge is 0.486 e. The number of allylic oxidation sites excluding steroid dienone is 2. The molecule has 0 bridgehead atoms. The number of rotatable bonds is 6. The Kier molecular flexibility index (Phi) is 6.55. The van der Waals surface area contributed by atoms with Crippen LogP contribution in [0.5, 0.6) is 5.75 Å². The number of nitriles is 1. The number of ether oxygens (including phenoxy) is 3. The van der Waals surface area contributed by atoms with Gasteiger partial charge >= 0.3 is 5.97 Å². The van der Waals surface area contributed by atoms with Crippen LogP contribution < -0.4 is 10.5 Å². The fourth-order valence-corrected chi connectivity index (χ4v) is 3.30. The molecule has 3 rings (SSSR count). The van der Waals surface area contributed by atoms with Crippen LogP contribution in [0.1, 0.15) is 30.9 Å². The first-order chi connectivity index (χ1) is 14.8. The minimum atomic E-state index is -0.802. The lowest BCUT2D eigenvalue weighted by Crippen LogP contribution is -2.25. The second-order valence-electron chi connectivity index (χ2n) is 6.72. The SMILES string of the molecule is CCOC(=O)C1=C(C)OC(N)=C(C#N)C1c1cccc(COc2cc(F)ccc2F)c1. The Morgan fingerprint density at radius 2 is 2.03 bits per heavy atom. The van der Waals surface area contributed by atoms with Crippen LogP contribution in [-0.2, 0) is 20.9 Å². The number of hydrogen-bond acceptors (Lipinski definition) is 6. The van der Waals surface area contributed by atoms with Crippen molar-refractivity contribution in [3.8, 4) is 11.8 Å². The van der Waals surface area contributed by atoms with E-state index in [1.165, 1.54) is 0 Å². The number of carbonyl (C=O) groups is 1. The van der Waals surface area contributed by atoms with Crippen molar-refractivity contribution >= 4 is 5.97 Å². The first kappa shape index (κ1) is 21.8. The van der Waals surface area contributed by atoms with E-state index < -0.39 is 23.5 Å². The summed E-state index contributed by atoms with van der Waals surface area (Å²) in [5, 5.41) is 9.64. The summed E-state index contributed by atoms with van der Waals surface area (Å²) in [6.45, 7) is 3.33. The summed E-state index contributed by atoms with van der Waals surface area (Å²) in [5.41, 5.74) is 7.32. The number of benzene rings is 2. The minimum Gasteiger partial charge on any atom is -0.486 e. The maximum absolute atomic E-state index is 13.8. The maximum atomic E-state index is 13.8. The molecule has 1 aliphatic heterocycles. The molecule has 1 heterocycles. The van der Waals surface area contributed by atoms with Crippen LogP contribution in [0.4, 0.5) is 8.78 Å². The normalized spacial score (nSPS) is 15.9. The first-order valence-corrected chi connectivity index (χ1v) is 9.47. The van der Waals surface area contributed by atoms with Crippen molar-refractivity contribution in [3.05, 3.63) is 88.0 Å². The minimum absolute atomic E-state index is 0.0596. The highest BCUT2D eigenvalue weighted by Crippen LogP contribution is 2.39. The second kappa shape index (κ2) is 9.30. The molecule has 0 spiro atoms. The molecule has 0 fully saturated rings. The highest BCUT2D eigenvalue weighted by atomic mass is 19.1. The first-order valence-electron chi connectivity index (χ1n) is 9.47. The number of esters is 1. The van der Waals surface area contributed by atoms with Crippen molar-refractivity contribution in [2.75, 3.05) is 6.61 Å². The summed E-state index contributed by atoms with van der Waals surface area (Å²) in [6, 6.07) is 11.8. The van der Waals surface area contributed by atoms with Crippen LogP contribution in [-0.4, -0.2) is 12.6 Å². The van der Waals surface area contributed by atoms with Gasteiger partial charge in [-0.2, -0.15) is 5.26 Å². The molecule has 0 amide bonds. The van der Waals surface area contributed by atoms with Crippen molar-refractivity contribution in [1.82, 2.24) is 0 Å². The van der Waals surface area contributed by atoms with E-state index in [1.807, 2.05) is 6.07 Å². The van der Waals surface area contributed by atoms with Crippen molar-refractivity contribution in [1.29, 1.82) is 5.26 Å². The Labute approximate surface area is 178 Å². The summed E-state index contributed by atoms with van der Waals surface area (Å²) >= 11 is 0. The average molecular weight is 426 g/mol. The summed E-state index contributed by atoms with van der Waals surface area (Å²) in [5.74, 6) is -2.80. The monoisotopic (exact) mass is 426 g/mol. The van der Waals surface area contributed by atoms with Crippen LogP contribution in [0, 0.1) is 23.0 Å². The number of nitrogens with two attached hydrogens (primary N) is 1. The van der Waals surface area contributed by atoms with Gasteiger partial charge in [0.05, 0.1) is 18.1 Å². The fraction of sp³-hybridized carbons (Fsp3) is 0.217. The third-order valence-corrected chi connectivity index (χ3v) is 4.67. The lowest BCUT2D eigenvalue weighted by molar-refractivity contribution is -0.139. The molecule has 0 saturated heterocycles. The van der Waals surface area contributed by atoms with E-state index in [1.54, 1.807) is 38.1 Å². The number of halogens is 2. The Morgan fingerprint density at radius 3 is 2.74 bits per heavy atom. The maximum Gasteiger partial charge on any atom is 0.338 e. The van der Waals surface area contributed by atoms with E-state index in [0.717, 1.165) is 18.2 Å². The average Bonchev–Trinajstić information content (AvgIpc) is 2.74. The molecular weight excluding hydrogens is 406 g/mol. The van der Waals surface area contributed by atoms with Crippen molar-refractivity contribution < 1.29 is 27.8 Å². The van der Waals surface area contributed by atoms with Gasteiger partial charge in [-0.1, -0.05) is 24.3 Å². The zero-order chi connectivity index (χ0) is 22.5. The van der Waals surface area contributed by atoms with Gasteiger partial charge in [-0.3, -0.25) is 0 Å². The topological polar surface area (TPSA) is 94.6 Å². The zero-order valence-corrected chi connectivity index (χ0v) is 16.9. The predicted octanol–water partition coefficient (Wildman–Crippen LogP) is 4.19. The smallest absolute Gasteiger partial charge is 0.338 e. The van der Waals surface area contributed by atoms with E-state index in [0.29, 0.717) is 11.1 Å². The lowest BCUT2D eigenvalue weighted by Gasteiger charge is -2.27. The zero-order valence-electron chi connectivity index (χ0n) is 16.9. The molecule has 0 saturated carbocycles. The molecule has 160 valence electrons. The van der Waals surface area contributed by atoms with Gasteiger partial charge in [0.15, 0.2) is 11.6 Å². The summed E-state index contributed by atoms with van der Waals surface area (Å²) < 4.78 is 43.1. The van der Waals surface area contributed by atoms with E-state index in [-0.39, 0.29) is 41.8 Å². The number of nitrogens with zero attached hydrogens (tertiary/aromatic N) is 1. The Hall–Kier alpha value is -3.86. The molecule has 2 aromatic carbocycles. The lowest BCUT2D eigenvalue weighted by atomic mass is 9.82. The van der Waals surface area contributed by atoms with Gasteiger partial charge in [-0.15, -0.1) is 0 Å². The van der Waals surface area contributed by atoms with Gasteiger partial charge in [0.2, 0.25) is 5.88 Å². The van der Waals surface area contributed by atoms with Crippen LogP contribution in [0.15, 0.2) is 65.3 Å². The molecule has 1 aliphatic rings. The highest BCUT2D eigenvalue weighted by Gasteiger charge is 2.36. The second-order valence-corrected chi connectivity index (χ2v) is 6.72. The van der Waals surface area contributed by atoms with E-state index in [9.17, 15) is 18.8 Å². The molecule has 6 nitrogen and oxygen atoms in total. The van der Waals surface area contributed by atoms with Crippen molar-refractivity contribution in [3.63, 3.8) is 0 Å². The van der Waals surface area contributed by atoms with Gasteiger partial charge in [-0.25, -0.2) is 13.6 Å². The molecule has 1 atom stereocenters. The van der Waals surface area contributed by atoms with E-state index >= 15 is 0 Å². The quantitative estimate of drug-likeness (QED) is 0.696. The van der Waals surface area contributed by atoms with Crippen molar-refractivity contribution in [2.45, 2.75) is 26.4 Å². The Balaban J connectivity index is 1.96. The molecule has 2 aromatic rings. The van der Waals surface area contributed by atoms with Gasteiger partial charge in [0, 0.05) is 6.07 Å². The molecule has 0 radical (unpaired) electrons. The fourth-order valence-electron chi connectivity index (χ4n) is 3.30. The van der Waals surface area contributed by atoms with Gasteiger partial charge < -0.3 is 19.9 Å². The Bertz CT molecular complexity index is 1120. The predicted molar refractivity (Wildman–Crippen MR) is 107 cm³/mol. The third-order valence-electron chi connectivity index (χ3n) is 4.67. The molecule has 8 heteroatoms. The van der Waals surface area contributed by atoms with Crippen LogP contribution >= 0.6 is 0 Å². The molecule has 1 unspecified atom stereocenters.